The Morgan fingerprint density at radius 2 is 1.91 bits per heavy atom. The van der Waals surface area contributed by atoms with Gasteiger partial charge in [-0.1, -0.05) is 24.2 Å². The molecule has 3 aromatic rings. The zero-order chi connectivity index (χ0) is 22.5. The molecule has 2 heterocycles. The molecule has 32 heavy (non-hydrogen) atoms. The van der Waals surface area contributed by atoms with Crippen molar-refractivity contribution in [3.8, 4) is 28.6 Å². The third-order valence-corrected chi connectivity index (χ3v) is 5.68. The molecule has 0 saturated carbocycles. The van der Waals surface area contributed by atoms with Gasteiger partial charge in [0.15, 0.2) is 0 Å². The molecule has 170 valence electrons. The number of aliphatic hydroxyl groups is 2. The first-order chi connectivity index (χ1) is 15.6. The smallest absolute Gasteiger partial charge is 0.258 e. The van der Waals surface area contributed by atoms with Gasteiger partial charge in [-0.25, -0.2) is 0 Å². The van der Waals surface area contributed by atoms with Crippen molar-refractivity contribution >= 4 is 5.69 Å². The number of nitrogen functional groups attached to an aromatic ring is 1. The van der Waals surface area contributed by atoms with Gasteiger partial charge in [0, 0.05) is 30.8 Å². The molecule has 1 aliphatic rings. The number of hydrogen-bond acceptors (Lipinski definition) is 8. The highest BCUT2D eigenvalue weighted by atomic mass is 16.5. The molecular weight excluding hydrogens is 408 g/mol. The summed E-state index contributed by atoms with van der Waals surface area (Å²) in [6.07, 6.45) is 1.97. The molecule has 8 heteroatoms. The van der Waals surface area contributed by atoms with Crippen molar-refractivity contribution in [2.24, 2.45) is 0 Å². The van der Waals surface area contributed by atoms with Crippen LogP contribution in [0.1, 0.15) is 24.5 Å². The molecule has 8 nitrogen and oxygen atoms in total. The number of benzene rings is 2. The summed E-state index contributed by atoms with van der Waals surface area (Å²) in [6.45, 7) is 4.62. The maximum Gasteiger partial charge on any atom is 0.258 e. The van der Waals surface area contributed by atoms with Gasteiger partial charge >= 0.3 is 0 Å². The van der Waals surface area contributed by atoms with Gasteiger partial charge in [0.1, 0.15) is 5.75 Å². The minimum Gasteiger partial charge on any atom is -0.491 e. The normalized spacial score (nSPS) is 15.2. The molecule has 0 aliphatic carbocycles. The van der Waals surface area contributed by atoms with Crippen molar-refractivity contribution in [1.82, 2.24) is 15.0 Å². The molecule has 0 saturated heterocycles. The van der Waals surface area contributed by atoms with Crippen LogP contribution in [0.3, 0.4) is 0 Å². The van der Waals surface area contributed by atoms with Gasteiger partial charge in [0.2, 0.25) is 5.82 Å². The number of aliphatic hydroxyl groups excluding tert-OH is 2. The monoisotopic (exact) mass is 438 g/mol. The summed E-state index contributed by atoms with van der Waals surface area (Å²) in [5.74, 6) is 1.60. The van der Waals surface area contributed by atoms with Crippen molar-refractivity contribution < 1.29 is 19.5 Å². The quantitative estimate of drug-likeness (QED) is 0.459. The second kappa shape index (κ2) is 10.1. The lowest BCUT2D eigenvalue weighted by molar-refractivity contribution is 0.0605. The van der Waals surface area contributed by atoms with Crippen LogP contribution in [0, 0.1) is 0 Å². The van der Waals surface area contributed by atoms with Gasteiger partial charge in [-0.05, 0) is 54.7 Å². The Morgan fingerprint density at radius 3 is 2.66 bits per heavy atom. The second-order valence-electron chi connectivity index (χ2n) is 8.14. The van der Waals surface area contributed by atoms with Crippen LogP contribution in [0.25, 0.3) is 22.8 Å². The molecule has 0 amide bonds. The Balaban J connectivity index is 1.49. The van der Waals surface area contributed by atoms with Gasteiger partial charge in [-0.15, -0.1) is 0 Å². The highest BCUT2D eigenvalue weighted by Crippen LogP contribution is 2.30. The van der Waals surface area contributed by atoms with E-state index in [0.29, 0.717) is 36.3 Å². The summed E-state index contributed by atoms with van der Waals surface area (Å²) in [5.41, 5.74) is 10.8. The third-order valence-electron chi connectivity index (χ3n) is 5.68. The number of ether oxygens (including phenoxy) is 1. The van der Waals surface area contributed by atoms with Gasteiger partial charge < -0.3 is 30.1 Å². The maximum absolute atomic E-state index is 9.75. The minimum absolute atomic E-state index is 0.214. The van der Waals surface area contributed by atoms with E-state index in [1.54, 1.807) is 6.07 Å². The predicted molar refractivity (Wildman–Crippen MR) is 122 cm³/mol. The van der Waals surface area contributed by atoms with Crippen LogP contribution >= 0.6 is 0 Å². The van der Waals surface area contributed by atoms with Gasteiger partial charge in [0.05, 0.1) is 25.0 Å². The summed E-state index contributed by atoms with van der Waals surface area (Å²) >= 11 is 0. The fourth-order valence-corrected chi connectivity index (χ4v) is 3.93. The van der Waals surface area contributed by atoms with Crippen LogP contribution in [-0.2, 0) is 12.8 Å². The fraction of sp³-hybridized carbons (Fsp3) is 0.417. The van der Waals surface area contributed by atoms with Gasteiger partial charge in [0.25, 0.3) is 5.89 Å². The Bertz CT molecular complexity index is 1050. The molecule has 1 unspecified atom stereocenters. The summed E-state index contributed by atoms with van der Waals surface area (Å²) in [4.78, 5) is 6.76. The van der Waals surface area contributed by atoms with E-state index in [9.17, 15) is 5.11 Å². The highest BCUT2D eigenvalue weighted by Gasteiger charge is 2.18. The van der Waals surface area contributed by atoms with Crippen molar-refractivity contribution in [3.63, 3.8) is 0 Å². The minimum atomic E-state index is -0.703. The SMILES string of the molecule is CCCOc1ccc(-c2nc(-c3ccc4c(c3)CCN(CC(O)CO)CC4)no2)cc1N. The topological polar surface area (TPSA) is 118 Å². The molecule has 1 atom stereocenters. The molecular formula is C24H30N4O4. The lowest BCUT2D eigenvalue weighted by Gasteiger charge is -2.21. The van der Waals surface area contributed by atoms with Crippen molar-refractivity contribution in [1.29, 1.82) is 0 Å². The van der Waals surface area contributed by atoms with Crippen molar-refractivity contribution in [2.45, 2.75) is 32.3 Å². The first-order valence-electron chi connectivity index (χ1n) is 11.1. The van der Waals surface area contributed by atoms with E-state index in [2.05, 4.69) is 27.2 Å². The number of anilines is 1. The van der Waals surface area contributed by atoms with E-state index in [0.717, 1.165) is 43.5 Å². The van der Waals surface area contributed by atoms with Gasteiger partial charge in [-0.2, -0.15) is 4.98 Å². The van der Waals surface area contributed by atoms with E-state index < -0.39 is 6.10 Å². The lowest BCUT2D eigenvalue weighted by atomic mass is 10.00. The summed E-state index contributed by atoms with van der Waals surface area (Å²) in [5, 5.41) is 23.0. The molecule has 1 aromatic heterocycles. The molecule has 4 N–H and O–H groups in total. The number of nitrogens with two attached hydrogens (primary N) is 1. The van der Waals surface area contributed by atoms with Crippen LogP contribution in [0.2, 0.25) is 0 Å². The maximum atomic E-state index is 9.75. The van der Waals surface area contributed by atoms with Crippen molar-refractivity contribution in [2.75, 3.05) is 38.6 Å². The number of rotatable bonds is 8. The highest BCUT2D eigenvalue weighted by molar-refractivity contribution is 5.67. The number of fused-ring (bicyclic) bond motifs is 1. The number of β-amino-alcohol motifs (C(OH)–C–C–N with tert-alkyl or cyclic N) is 1. The largest absolute Gasteiger partial charge is 0.491 e. The average Bonchev–Trinajstić information content (AvgIpc) is 3.22. The van der Waals surface area contributed by atoms with E-state index in [1.807, 2.05) is 25.1 Å². The Labute approximate surface area is 187 Å². The summed E-state index contributed by atoms with van der Waals surface area (Å²) in [6, 6.07) is 11.7. The first kappa shape index (κ1) is 22.3. The van der Waals surface area contributed by atoms with Crippen LogP contribution < -0.4 is 10.5 Å². The van der Waals surface area contributed by atoms with Crippen LogP contribution in [-0.4, -0.2) is 64.2 Å². The van der Waals surface area contributed by atoms with Crippen LogP contribution in [0.15, 0.2) is 40.9 Å². The van der Waals surface area contributed by atoms with Gasteiger partial charge in [-0.3, -0.25) is 0 Å². The molecule has 0 spiro atoms. The van der Waals surface area contributed by atoms with E-state index >= 15 is 0 Å². The lowest BCUT2D eigenvalue weighted by Crippen LogP contribution is -2.35. The molecule has 0 bridgehead atoms. The number of nitrogens with zero attached hydrogens (tertiary/aromatic N) is 3. The predicted octanol–water partition coefficient (Wildman–Crippen LogP) is 2.53. The average molecular weight is 439 g/mol. The Morgan fingerprint density at radius 1 is 1.12 bits per heavy atom. The zero-order valence-corrected chi connectivity index (χ0v) is 18.3. The van der Waals surface area contributed by atoms with E-state index in [-0.39, 0.29) is 6.61 Å². The molecule has 0 fully saturated rings. The summed E-state index contributed by atoms with van der Waals surface area (Å²) < 4.78 is 11.1. The molecule has 1 aliphatic heterocycles. The van der Waals surface area contributed by atoms with Crippen molar-refractivity contribution in [3.05, 3.63) is 47.5 Å². The fourth-order valence-electron chi connectivity index (χ4n) is 3.93. The number of hydrogen-bond donors (Lipinski definition) is 3. The van der Waals surface area contributed by atoms with Crippen LogP contribution in [0.5, 0.6) is 5.75 Å². The zero-order valence-electron chi connectivity index (χ0n) is 18.3. The molecule has 0 radical (unpaired) electrons. The Kier molecular flexibility index (Phi) is 7.04. The first-order valence-corrected chi connectivity index (χ1v) is 11.1. The van der Waals surface area contributed by atoms with Crippen LogP contribution in [0.4, 0.5) is 5.69 Å². The standard InChI is InChI=1S/C24H30N4O4/c1-2-11-31-22-6-5-19(13-21(22)25)24-26-23(27-32-24)18-4-3-16-7-9-28(14-20(30)15-29)10-8-17(16)12-18/h3-6,12-13,20,29-30H,2,7-11,14-15,25H2,1H3. The third kappa shape index (κ3) is 5.09. The Hall–Kier alpha value is -2.94. The second-order valence-corrected chi connectivity index (χ2v) is 8.14. The van der Waals surface area contributed by atoms with E-state index in [4.69, 9.17) is 20.1 Å². The number of aromatic nitrogens is 2. The molecule has 2 aromatic carbocycles. The summed E-state index contributed by atoms with van der Waals surface area (Å²) in [7, 11) is 0. The molecule has 4 rings (SSSR count). The van der Waals surface area contributed by atoms with E-state index in [1.165, 1.54) is 11.1 Å².